The van der Waals surface area contributed by atoms with Crippen molar-refractivity contribution >= 4 is 39.1 Å². The number of hydrogen-bond donors (Lipinski definition) is 2. The van der Waals surface area contributed by atoms with Gasteiger partial charge in [-0.1, -0.05) is 15.9 Å². The summed E-state index contributed by atoms with van der Waals surface area (Å²) in [5.74, 6) is -1.92. The van der Waals surface area contributed by atoms with Gasteiger partial charge in [-0.25, -0.2) is 9.18 Å². The van der Waals surface area contributed by atoms with Crippen LogP contribution >= 0.6 is 27.3 Å². The van der Waals surface area contributed by atoms with Crippen LogP contribution in [0.3, 0.4) is 0 Å². The standard InChI is InChI=1S/C17H15BrFNO3S/c1-8-13(14(16(22)23)9(2)24-8)15(21)20-17(3-4-17)10-5-11(18)7-12(19)6-10/h5-7H,3-4H2,1-2H3,(H,20,21)(H,22,23). The second-order valence-corrected chi connectivity index (χ2v) is 8.31. The van der Waals surface area contributed by atoms with Crippen LogP contribution in [0.4, 0.5) is 4.39 Å². The first-order chi connectivity index (χ1) is 11.2. The van der Waals surface area contributed by atoms with Gasteiger partial charge >= 0.3 is 5.97 Å². The highest BCUT2D eigenvalue weighted by Crippen LogP contribution is 2.46. The van der Waals surface area contributed by atoms with E-state index in [-0.39, 0.29) is 16.9 Å². The Balaban J connectivity index is 1.95. The smallest absolute Gasteiger partial charge is 0.337 e. The molecule has 1 aromatic heterocycles. The van der Waals surface area contributed by atoms with E-state index in [1.54, 1.807) is 19.9 Å². The molecule has 1 aliphatic carbocycles. The molecule has 0 saturated heterocycles. The average molecular weight is 412 g/mol. The van der Waals surface area contributed by atoms with E-state index in [9.17, 15) is 19.1 Å². The lowest BCUT2D eigenvalue weighted by atomic mass is 10.0. The van der Waals surface area contributed by atoms with Crippen molar-refractivity contribution in [3.05, 3.63) is 54.9 Å². The fourth-order valence-corrected chi connectivity index (χ4v) is 4.45. The summed E-state index contributed by atoms with van der Waals surface area (Å²) in [4.78, 5) is 25.5. The molecule has 2 N–H and O–H groups in total. The molecule has 1 aliphatic rings. The Labute approximate surface area is 150 Å². The zero-order valence-electron chi connectivity index (χ0n) is 13.1. The van der Waals surface area contributed by atoms with E-state index in [2.05, 4.69) is 21.2 Å². The number of aromatic carboxylic acids is 1. The summed E-state index contributed by atoms with van der Waals surface area (Å²) in [6, 6.07) is 4.54. The molecule has 1 saturated carbocycles. The Kier molecular flexibility index (Phi) is 4.25. The molecule has 126 valence electrons. The highest BCUT2D eigenvalue weighted by Gasteiger charge is 2.46. The van der Waals surface area contributed by atoms with Crippen molar-refractivity contribution in [2.75, 3.05) is 0 Å². The molecule has 0 bridgehead atoms. The molecule has 7 heteroatoms. The van der Waals surface area contributed by atoms with Gasteiger partial charge in [0, 0.05) is 14.2 Å². The predicted molar refractivity (Wildman–Crippen MR) is 93.2 cm³/mol. The molecule has 0 atom stereocenters. The number of halogens is 2. The molecule has 2 aromatic rings. The van der Waals surface area contributed by atoms with Crippen LogP contribution in [0, 0.1) is 19.7 Å². The number of carbonyl (C=O) groups excluding carboxylic acids is 1. The van der Waals surface area contributed by atoms with E-state index in [4.69, 9.17) is 0 Å². The molecule has 4 nitrogen and oxygen atoms in total. The molecule has 1 amide bonds. The molecular weight excluding hydrogens is 397 g/mol. The normalized spacial score (nSPS) is 15.2. The summed E-state index contributed by atoms with van der Waals surface area (Å²) in [5.41, 5.74) is 0.307. The number of rotatable bonds is 4. The van der Waals surface area contributed by atoms with Gasteiger partial charge in [-0.15, -0.1) is 11.3 Å². The Morgan fingerprint density at radius 1 is 1.21 bits per heavy atom. The highest BCUT2D eigenvalue weighted by molar-refractivity contribution is 9.10. The maximum atomic E-state index is 13.7. The molecule has 0 aliphatic heterocycles. The zero-order valence-corrected chi connectivity index (χ0v) is 15.5. The van der Waals surface area contributed by atoms with E-state index in [1.807, 2.05) is 0 Å². The zero-order chi connectivity index (χ0) is 17.6. The molecule has 0 unspecified atom stereocenters. The molecule has 3 rings (SSSR count). The van der Waals surface area contributed by atoms with Gasteiger partial charge in [0.2, 0.25) is 0 Å². The lowest BCUT2D eigenvalue weighted by Gasteiger charge is -2.19. The van der Waals surface area contributed by atoms with Gasteiger partial charge in [0.05, 0.1) is 16.7 Å². The number of carboxylic acids is 1. The van der Waals surface area contributed by atoms with E-state index < -0.39 is 17.4 Å². The lowest BCUT2D eigenvalue weighted by molar-refractivity contribution is 0.0690. The van der Waals surface area contributed by atoms with Crippen LogP contribution in [-0.4, -0.2) is 17.0 Å². The third-order valence-electron chi connectivity index (χ3n) is 4.22. The first-order valence-electron chi connectivity index (χ1n) is 7.36. The summed E-state index contributed by atoms with van der Waals surface area (Å²) in [6.07, 6.45) is 1.39. The number of hydrogen-bond acceptors (Lipinski definition) is 3. The highest BCUT2D eigenvalue weighted by atomic mass is 79.9. The quantitative estimate of drug-likeness (QED) is 0.783. The van der Waals surface area contributed by atoms with Gasteiger partial charge in [-0.05, 0) is 50.5 Å². The van der Waals surface area contributed by atoms with Gasteiger partial charge in [0.25, 0.3) is 5.91 Å². The van der Waals surface area contributed by atoms with E-state index in [0.717, 1.165) is 0 Å². The molecule has 1 fully saturated rings. The largest absolute Gasteiger partial charge is 0.478 e. The van der Waals surface area contributed by atoms with Crippen LogP contribution in [0.25, 0.3) is 0 Å². The predicted octanol–water partition coefficient (Wildman–Crippen LogP) is 4.38. The SMILES string of the molecule is Cc1sc(C)c(C(=O)NC2(c3cc(F)cc(Br)c3)CC2)c1C(=O)O. The summed E-state index contributed by atoms with van der Waals surface area (Å²) < 4.78 is 14.3. The molecular formula is C17H15BrFNO3S. The van der Waals surface area contributed by atoms with Crippen LogP contribution in [0.5, 0.6) is 0 Å². The fourth-order valence-electron chi connectivity index (χ4n) is 2.94. The Hall–Kier alpha value is -1.73. The number of carboxylic acid groups (broad SMARTS) is 1. The molecule has 24 heavy (non-hydrogen) atoms. The minimum atomic E-state index is -1.11. The minimum absolute atomic E-state index is 0.0474. The van der Waals surface area contributed by atoms with Crippen molar-refractivity contribution in [2.45, 2.75) is 32.2 Å². The van der Waals surface area contributed by atoms with Gasteiger partial charge in [0.1, 0.15) is 5.82 Å². The third kappa shape index (κ3) is 2.98. The van der Waals surface area contributed by atoms with Crippen molar-refractivity contribution in [1.29, 1.82) is 0 Å². The van der Waals surface area contributed by atoms with Crippen molar-refractivity contribution in [3.63, 3.8) is 0 Å². The summed E-state index contributed by atoms with van der Waals surface area (Å²) >= 11 is 4.55. The van der Waals surface area contributed by atoms with Crippen molar-refractivity contribution < 1.29 is 19.1 Å². The van der Waals surface area contributed by atoms with E-state index >= 15 is 0 Å². The second-order valence-electron chi connectivity index (χ2n) is 5.96. The number of benzene rings is 1. The second kappa shape index (κ2) is 5.97. The lowest BCUT2D eigenvalue weighted by Crippen LogP contribution is -2.35. The average Bonchev–Trinajstić information content (AvgIpc) is 3.16. The Morgan fingerprint density at radius 2 is 1.83 bits per heavy atom. The van der Waals surface area contributed by atoms with Crippen LogP contribution in [0.2, 0.25) is 0 Å². The van der Waals surface area contributed by atoms with Crippen LogP contribution in [0.15, 0.2) is 22.7 Å². The maximum absolute atomic E-state index is 13.7. The first kappa shape index (κ1) is 17.1. The van der Waals surface area contributed by atoms with E-state index in [1.165, 1.54) is 23.5 Å². The monoisotopic (exact) mass is 411 g/mol. The summed E-state index contributed by atoms with van der Waals surface area (Å²) in [7, 11) is 0. The van der Waals surface area contributed by atoms with Gasteiger partial charge < -0.3 is 10.4 Å². The van der Waals surface area contributed by atoms with Gasteiger partial charge in [-0.2, -0.15) is 0 Å². The Morgan fingerprint density at radius 3 is 2.38 bits per heavy atom. The molecule has 0 radical (unpaired) electrons. The van der Waals surface area contributed by atoms with Crippen molar-refractivity contribution in [3.8, 4) is 0 Å². The topological polar surface area (TPSA) is 66.4 Å². The Bertz CT molecular complexity index is 838. The van der Waals surface area contributed by atoms with Crippen LogP contribution in [-0.2, 0) is 5.54 Å². The van der Waals surface area contributed by atoms with Crippen molar-refractivity contribution in [2.24, 2.45) is 0 Å². The number of carbonyl (C=O) groups is 2. The molecule has 0 spiro atoms. The maximum Gasteiger partial charge on any atom is 0.337 e. The van der Waals surface area contributed by atoms with Crippen molar-refractivity contribution in [1.82, 2.24) is 5.32 Å². The van der Waals surface area contributed by atoms with Gasteiger partial charge in [0.15, 0.2) is 0 Å². The number of amides is 1. The summed E-state index contributed by atoms with van der Waals surface area (Å²) in [6.45, 7) is 3.42. The minimum Gasteiger partial charge on any atom is -0.478 e. The summed E-state index contributed by atoms with van der Waals surface area (Å²) in [5, 5.41) is 12.3. The molecule has 1 heterocycles. The number of thiophene rings is 1. The third-order valence-corrected chi connectivity index (χ3v) is 5.70. The number of aryl methyl sites for hydroxylation is 2. The van der Waals surface area contributed by atoms with Gasteiger partial charge in [-0.3, -0.25) is 4.79 Å². The van der Waals surface area contributed by atoms with Crippen LogP contribution in [0.1, 0.15) is 48.9 Å². The fraction of sp³-hybridized carbons (Fsp3) is 0.294. The van der Waals surface area contributed by atoms with Crippen LogP contribution < -0.4 is 5.32 Å². The number of nitrogens with one attached hydrogen (secondary N) is 1. The van der Waals surface area contributed by atoms with E-state index in [0.29, 0.717) is 32.6 Å². The first-order valence-corrected chi connectivity index (χ1v) is 8.97. The molecule has 1 aromatic carbocycles.